The molecule has 6 nitrogen and oxygen atoms in total. The number of amides is 1. The normalized spacial score (nSPS) is 17.9. The lowest BCUT2D eigenvalue weighted by molar-refractivity contribution is -0.133. The Morgan fingerprint density at radius 3 is 2.66 bits per heavy atom. The molecule has 8 heteroatoms. The van der Waals surface area contributed by atoms with Crippen LogP contribution in [0.5, 0.6) is 0 Å². The lowest BCUT2D eigenvalue weighted by Gasteiger charge is -2.38. The van der Waals surface area contributed by atoms with Gasteiger partial charge in [0.1, 0.15) is 0 Å². The van der Waals surface area contributed by atoms with E-state index in [4.69, 9.17) is 0 Å². The number of nitrogens with one attached hydrogen (secondary N) is 1. The fourth-order valence-corrected chi connectivity index (χ4v) is 3.82. The van der Waals surface area contributed by atoms with E-state index >= 15 is 0 Å². The topological polar surface area (TPSA) is 63.1 Å². The molecule has 1 aliphatic carbocycles. The molecule has 1 aliphatic heterocycles. The van der Waals surface area contributed by atoms with Crippen molar-refractivity contribution in [2.75, 3.05) is 18.4 Å². The van der Waals surface area contributed by atoms with Crippen molar-refractivity contribution in [1.29, 1.82) is 0 Å². The van der Waals surface area contributed by atoms with Gasteiger partial charge in [0.2, 0.25) is 5.91 Å². The van der Waals surface area contributed by atoms with Crippen molar-refractivity contribution in [1.82, 2.24) is 19.7 Å². The first-order valence-electron chi connectivity index (χ1n) is 10.6. The Kier molecular flexibility index (Phi) is 5.30. The number of hydrogen-bond acceptors (Lipinski definition) is 4. The zero-order valence-electron chi connectivity index (χ0n) is 17.4. The Labute approximate surface area is 184 Å². The van der Waals surface area contributed by atoms with Crippen LogP contribution in [0.2, 0.25) is 0 Å². The Balaban J connectivity index is 1.20. The van der Waals surface area contributed by atoms with E-state index in [1.807, 2.05) is 35.1 Å². The molecule has 1 saturated heterocycles. The quantitative estimate of drug-likeness (QED) is 0.560. The first-order chi connectivity index (χ1) is 15.4. The Hall–Kier alpha value is -3.39. The van der Waals surface area contributed by atoms with Gasteiger partial charge >= 0.3 is 0 Å². The average Bonchev–Trinajstić information content (AvgIpc) is 3.49. The van der Waals surface area contributed by atoms with E-state index in [1.165, 1.54) is 18.9 Å². The van der Waals surface area contributed by atoms with E-state index in [0.29, 0.717) is 18.3 Å². The molecule has 1 aromatic carbocycles. The fraction of sp³-hybridized carbons (Fsp3) is 0.292. The van der Waals surface area contributed by atoms with Crippen molar-refractivity contribution in [3.05, 3.63) is 72.2 Å². The van der Waals surface area contributed by atoms with Crippen molar-refractivity contribution in [2.45, 2.75) is 31.4 Å². The first-order valence-corrected chi connectivity index (χ1v) is 10.6. The molecule has 5 rings (SSSR count). The predicted molar refractivity (Wildman–Crippen MR) is 118 cm³/mol. The number of nitrogens with zero attached hydrogens (tertiary/aromatic N) is 4. The van der Waals surface area contributed by atoms with Crippen LogP contribution in [0, 0.1) is 0 Å². The summed E-state index contributed by atoms with van der Waals surface area (Å²) in [6.07, 6.45) is 10.9. The van der Waals surface area contributed by atoms with E-state index < -0.39 is 5.92 Å². The van der Waals surface area contributed by atoms with Gasteiger partial charge in [0, 0.05) is 48.0 Å². The molecule has 3 aromatic rings. The summed E-state index contributed by atoms with van der Waals surface area (Å²) in [5, 5.41) is 7.48. The molecule has 0 radical (unpaired) electrons. The minimum Gasteiger partial charge on any atom is -0.323 e. The van der Waals surface area contributed by atoms with Gasteiger partial charge in [-0.3, -0.25) is 19.4 Å². The van der Waals surface area contributed by atoms with E-state index in [2.05, 4.69) is 15.4 Å². The number of alkyl halides is 2. The maximum atomic E-state index is 12.9. The largest absolute Gasteiger partial charge is 0.323 e. The molecule has 0 atom stereocenters. The second-order valence-electron chi connectivity index (χ2n) is 8.40. The number of hydrogen-bond donors (Lipinski definition) is 1. The summed E-state index contributed by atoms with van der Waals surface area (Å²) in [5.74, 6) is -2.83. The van der Waals surface area contributed by atoms with Crippen LogP contribution in [-0.4, -0.2) is 44.6 Å². The van der Waals surface area contributed by atoms with Crippen LogP contribution >= 0.6 is 0 Å². The number of likely N-dealkylation sites (tertiary alicyclic amines) is 1. The number of anilines is 1. The maximum absolute atomic E-state index is 12.9. The molecular weight excluding hydrogens is 412 g/mol. The minimum absolute atomic E-state index is 0.201. The van der Waals surface area contributed by atoms with E-state index in [9.17, 15) is 13.6 Å². The number of halogens is 2. The third kappa shape index (κ3) is 4.75. The van der Waals surface area contributed by atoms with Crippen molar-refractivity contribution in [3.63, 3.8) is 0 Å². The van der Waals surface area contributed by atoms with Crippen LogP contribution < -0.4 is 5.32 Å². The highest BCUT2D eigenvalue weighted by Crippen LogP contribution is 2.35. The van der Waals surface area contributed by atoms with Crippen LogP contribution in [0.15, 0.2) is 61.1 Å². The highest BCUT2D eigenvalue weighted by atomic mass is 19.3. The van der Waals surface area contributed by atoms with Crippen molar-refractivity contribution in [2.24, 2.45) is 0 Å². The number of pyridine rings is 1. The van der Waals surface area contributed by atoms with Gasteiger partial charge in [0.15, 0.2) is 0 Å². The van der Waals surface area contributed by atoms with Gasteiger partial charge < -0.3 is 5.32 Å². The molecule has 2 fully saturated rings. The molecule has 0 unspecified atom stereocenters. The van der Waals surface area contributed by atoms with Crippen LogP contribution in [0.3, 0.4) is 0 Å². The van der Waals surface area contributed by atoms with Crippen molar-refractivity contribution < 1.29 is 13.6 Å². The Bertz CT molecular complexity index is 1140. The lowest BCUT2D eigenvalue weighted by Crippen LogP contribution is -2.55. The lowest BCUT2D eigenvalue weighted by atomic mass is 10.1. The SMILES string of the molecule is O=C(/C=C/c1cnccc1-c1ccn(C2CC2)n1)Nc1ccc(CN2CC(F)(F)C2)cc1. The van der Waals surface area contributed by atoms with Gasteiger partial charge in [0.05, 0.1) is 24.8 Å². The number of aromatic nitrogens is 3. The molecular formula is C24H23F2N5O. The Morgan fingerprint density at radius 1 is 1.16 bits per heavy atom. The predicted octanol–water partition coefficient (Wildman–Crippen LogP) is 4.38. The number of carbonyl (C=O) groups excluding carboxylic acids is 1. The highest BCUT2D eigenvalue weighted by molar-refractivity contribution is 6.02. The summed E-state index contributed by atoms with van der Waals surface area (Å²) in [6.45, 7) is 0.0743. The van der Waals surface area contributed by atoms with E-state index in [0.717, 1.165) is 22.4 Å². The van der Waals surface area contributed by atoms with E-state index in [1.54, 1.807) is 35.5 Å². The summed E-state index contributed by atoms with van der Waals surface area (Å²) in [6, 6.07) is 11.6. The molecule has 0 bridgehead atoms. The van der Waals surface area contributed by atoms with Gasteiger partial charge in [-0.25, -0.2) is 8.78 Å². The third-order valence-corrected chi connectivity index (χ3v) is 5.61. The number of carbonyl (C=O) groups is 1. The summed E-state index contributed by atoms with van der Waals surface area (Å²) < 4.78 is 27.9. The van der Waals surface area contributed by atoms with Crippen LogP contribution in [0.4, 0.5) is 14.5 Å². The number of rotatable bonds is 7. The molecule has 164 valence electrons. The average molecular weight is 435 g/mol. The second kappa shape index (κ2) is 8.27. The van der Waals surface area contributed by atoms with Crippen molar-refractivity contribution in [3.8, 4) is 11.3 Å². The van der Waals surface area contributed by atoms with Crippen molar-refractivity contribution >= 4 is 17.7 Å². The first kappa shape index (κ1) is 20.5. The van der Waals surface area contributed by atoms with Gasteiger partial charge in [-0.05, 0) is 48.7 Å². The van der Waals surface area contributed by atoms with Gasteiger partial charge in [-0.1, -0.05) is 12.1 Å². The molecule has 0 spiro atoms. The fourth-order valence-electron chi connectivity index (χ4n) is 3.82. The molecule has 2 aliphatic rings. The molecule has 1 amide bonds. The van der Waals surface area contributed by atoms with Crippen LogP contribution in [-0.2, 0) is 11.3 Å². The Morgan fingerprint density at radius 2 is 1.94 bits per heavy atom. The monoisotopic (exact) mass is 435 g/mol. The van der Waals surface area contributed by atoms with Crippen LogP contribution in [0.25, 0.3) is 17.3 Å². The van der Waals surface area contributed by atoms with Gasteiger partial charge in [-0.15, -0.1) is 0 Å². The van der Waals surface area contributed by atoms with Gasteiger partial charge in [0.25, 0.3) is 5.92 Å². The summed E-state index contributed by atoms with van der Waals surface area (Å²) in [5.41, 5.74) is 4.16. The molecule has 2 aromatic heterocycles. The van der Waals surface area contributed by atoms with Gasteiger partial charge in [-0.2, -0.15) is 5.10 Å². The van der Waals surface area contributed by atoms with Crippen LogP contribution in [0.1, 0.15) is 30.0 Å². The zero-order chi connectivity index (χ0) is 22.1. The molecule has 32 heavy (non-hydrogen) atoms. The summed E-state index contributed by atoms with van der Waals surface area (Å²) >= 11 is 0. The smallest absolute Gasteiger partial charge is 0.272 e. The molecule has 1 N–H and O–H groups in total. The number of benzene rings is 1. The standard InChI is InChI=1S/C24H23F2N5O/c25-24(26)15-30(16-24)14-17-1-4-19(5-2-17)28-23(32)8-3-18-13-27-11-9-21(18)22-10-12-31(29-22)20-6-7-20/h1-5,8-13,20H,6-7,14-16H2,(H,28,32)/b8-3+. The van der Waals surface area contributed by atoms with E-state index in [-0.39, 0.29) is 19.0 Å². The second-order valence-corrected chi connectivity index (χ2v) is 8.40. The maximum Gasteiger partial charge on any atom is 0.272 e. The molecule has 1 saturated carbocycles. The summed E-state index contributed by atoms with van der Waals surface area (Å²) in [7, 11) is 0. The minimum atomic E-state index is -2.56. The molecule has 3 heterocycles. The highest BCUT2D eigenvalue weighted by Gasteiger charge is 2.43. The summed E-state index contributed by atoms with van der Waals surface area (Å²) in [4.78, 5) is 18.3. The zero-order valence-corrected chi connectivity index (χ0v) is 17.4. The third-order valence-electron chi connectivity index (χ3n) is 5.61.